The fourth-order valence-electron chi connectivity index (χ4n) is 3.53. The van der Waals surface area contributed by atoms with E-state index in [1.165, 1.54) is 19.3 Å². The van der Waals surface area contributed by atoms with Gasteiger partial charge in [0.15, 0.2) is 5.96 Å². The minimum absolute atomic E-state index is 0.0827. The number of hydrogen-bond donors (Lipinski definition) is 4. The number of rotatable bonds is 9. The van der Waals surface area contributed by atoms with Gasteiger partial charge in [-0.3, -0.25) is 14.6 Å². The van der Waals surface area contributed by atoms with Crippen molar-refractivity contribution < 1.29 is 9.59 Å². The molecule has 7 nitrogen and oxygen atoms in total. The van der Waals surface area contributed by atoms with Gasteiger partial charge in [0, 0.05) is 44.7 Å². The molecule has 2 rings (SSSR count). The normalized spacial score (nSPS) is 14.9. The van der Waals surface area contributed by atoms with E-state index in [2.05, 4.69) is 26.3 Å². The first-order valence-electron chi connectivity index (χ1n) is 10.7. The maximum absolute atomic E-state index is 12.2. The summed E-state index contributed by atoms with van der Waals surface area (Å²) in [5.41, 5.74) is 1.73. The number of guanidine groups is 1. The molecule has 0 aliphatic heterocycles. The van der Waals surface area contributed by atoms with Gasteiger partial charge in [0.25, 0.3) is 5.91 Å². The molecule has 1 aromatic carbocycles. The van der Waals surface area contributed by atoms with Crippen molar-refractivity contribution in [1.82, 2.24) is 21.3 Å². The molecular weight excluding hydrogens is 366 g/mol. The first-order chi connectivity index (χ1) is 14.1. The molecule has 1 aliphatic rings. The third-order valence-electron chi connectivity index (χ3n) is 5.12. The number of nitrogens with zero attached hydrogens (tertiary/aromatic N) is 1. The van der Waals surface area contributed by atoms with E-state index >= 15 is 0 Å². The topological polar surface area (TPSA) is 94.6 Å². The van der Waals surface area contributed by atoms with Crippen LogP contribution in [-0.2, 0) is 11.2 Å². The maximum atomic E-state index is 12.2. The molecule has 0 radical (unpaired) electrons. The highest BCUT2D eigenvalue weighted by Crippen LogP contribution is 2.23. The van der Waals surface area contributed by atoms with E-state index in [1.54, 1.807) is 13.1 Å². The smallest absolute Gasteiger partial charge is 0.251 e. The first-order valence-corrected chi connectivity index (χ1v) is 10.7. The Bertz CT molecular complexity index is 684. The van der Waals surface area contributed by atoms with Gasteiger partial charge in [-0.15, -0.1) is 0 Å². The van der Waals surface area contributed by atoms with Crippen molar-refractivity contribution in [2.24, 2.45) is 10.9 Å². The average Bonchev–Trinajstić information content (AvgIpc) is 2.76. The molecule has 1 aromatic rings. The Morgan fingerprint density at radius 1 is 1.07 bits per heavy atom. The van der Waals surface area contributed by atoms with E-state index in [1.807, 2.05) is 25.1 Å². The van der Waals surface area contributed by atoms with Gasteiger partial charge in [-0.2, -0.15) is 0 Å². The Hall–Kier alpha value is -2.57. The highest BCUT2D eigenvalue weighted by Gasteiger charge is 2.20. The molecule has 0 atom stereocenters. The summed E-state index contributed by atoms with van der Waals surface area (Å²) in [6.07, 6.45) is 6.37. The van der Waals surface area contributed by atoms with Crippen LogP contribution in [0.1, 0.15) is 54.9 Å². The minimum atomic E-state index is -0.0827. The first kappa shape index (κ1) is 22.7. The summed E-state index contributed by atoms with van der Waals surface area (Å²) < 4.78 is 0. The predicted molar refractivity (Wildman–Crippen MR) is 117 cm³/mol. The van der Waals surface area contributed by atoms with Crippen LogP contribution in [0.4, 0.5) is 0 Å². The lowest BCUT2D eigenvalue weighted by molar-refractivity contribution is -0.125. The van der Waals surface area contributed by atoms with Crippen molar-refractivity contribution >= 4 is 17.8 Å². The maximum Gasteiger partial charge on any atom is 0.251 e. The lowest BCUT2D eigenvalue weighted by Gasteiger charge is -2.21. The van der Waals surface area contributed by atoms with Gasteiger partial charge in [-0.1, -0.05) is 31.4 Å². The summed E-state index contributed by atoms with van der Waals surface area (Å²) in [5.74, 6) is 1.03. The number of carbonyl (C=O) groups excluding carboxylic acids is 2. The fraction of sp³-hybridized carbons (Fsp3) is 0.591. The lowest BCUT2D eigenvalue weighted by atomic mass is 9.89. The van der Waals surface area contributed by atoms with Crippen LogP contribution in [0.2, 0.25) is 0 Å². The number of benzene rings is 1. The van der Waals surface area contributed by atoms with Crippen LogP contribution in [0, 0.1) is 5.92 Å². The molecule has 0 spiro atoms. The van der Waals surface area contributed by atoms with E-state index in [-0.39, 0.29) is 17.7 Å². The minimum Gasteiger partial charge on any atom is -0.357 e. The van der Waals surface area contributed by atoms with Crippen LogP contribution in [0.3, 0.4) is 0 Å². The molecule has 0 heterocycles. The summed E-state index contributed by atoms with van der Waals surface area (Å²) in [6.45, 7) is 4.63. The number of nitrogens with one attached hydrogen (secondary N) is 4. The number of carbonyl (C=O) groups is 2. The van der Waals surface area contributed by atoms with Crippen LogP contribution in [-0.4, -0.2) is 51.0 Å². The second kappa shape index (κ2) is 12.8. The molecule has 1 saturated carbocycles. The molecule has 0 bridgehead atoms. The van der Waals surface area contributed by atoms with Crippen LogP contribution in [0.5, 0.6) is 0 Å². The number of amides is 2. The molecule has 1 fully saturated rings. The van der Waals surface area contributed by atoms with Gasteiger partial charge in [0.2, 0.25) is 5.91 Å². The zero-order chi connectivity index (χ0) is 20.9. The molecule has 2 amide bonds. The van der Waals surface area contributed by atoms with E-state index < -0.39 is 0 Å². The van der Waals surface area contributed by atoms with Crippen LogP contribution < -0.4 is 21.3 Å². The highest BCUT2D eigenvalue weighted by molar-refractivity contribution is 5.94. The van der Waals surface area contributed by atoms with Gasteiger partial charge in [-0.05, 0) is 43.9 Å². The van der Waals surface area contributed by atoms with Crippen LogP contribution >= 0.6 is 0 Å². The van der Waals surface area contributed by atoms with Crippen molar-refractivity contribution in [2.45, 2.75) is 45.4 Å². The van der Waals surface area contributed by atoms with Gasteiger partial charge in [-0.25, -0.2) is 0 Å². The Morgan fingerprint density at radius 3 is 2.55 bits per heavy atom. The van der Waals surface area contributed by atoms with E-state index in [0.717, 1.165) is 37.3 Å². The third-order valence-corrected chi connectivity index (χ3v) is 5.12. The summed E-state index contributed by atoms with van der Waals surface area (Å²) in [6, 6.07) is 7.60. The third kappa shape index (κ3) is 8.13. The van der Waals surface area contributed by atoms with Gasteiger partial charge >= 0.3 is 0 Å². The Kier molecular flexibility index (Phi) is 10.0. The number of aliphatic imine (C=N–C) groups is 1. The van der Waals surface area contributed by atoms with E-state index in [4.69, 9.17) is 0 Å². The summed E-state index contributed by atoms with van der Waals surface area (Å²) in [7, 11) is 1.63. The second-order valence-electron chi connectivity index (χ2n) is 7.34. The van der Waals surface area contributed by atoms with Crippen LogP contribution in [0.15, 0.2) is 29.3 Å². The Morgan fingerprint density at radius 2 is 1.83 bits per heavy atom. The second-order valence-corrected chi connectivity index (χ2v) is 7.34. The van der Waals surface area contributed by atoms with Crippen molar-refractivity contribution in [3.8, 4) is 0 Å². The predicted octanol–water partition coefficient (Wildman–Crippen LogP) is 1.84. The molecule has 1 aliphatic carbocycles. The zero-order valence-corrected chi connectivity index (χ0v) is 17.7. The van der Waals surface area contributed by atoms with E-state index in [9.17, 15) is 9.59 Å². The highest BCUT2D eigenvalue weighted by atomic mass is 16.2. The van der Waals surface area contributed by atoms with Crippen molar-refractivity contribution in [1.29, 1.82) is 0 Å². The zero-order valence-electron chi connectivity index (χ0n) is 17.7. The van der Waals surface area contributed by atoms with Gasteiger partial charge < -0.3 is 21.3 Å². The number of hydrogen-bond acceptors (Lipinski definition) is 3. The van der Waals surface area contributed by atoms with Crippen LogP contribution in [0.25, 0.3) is 0 Å². The van der Waals surface area contributed by atoms with Gasteiger partial charge in [0.05, 0.1) is 0 Å². The average molecular weight is 402 g/mol. The van der Waals surface area contributed by atoms with E-state index in [0.29, 0.717) is 25.2 Å². The Balaban J connectivity index is 1.74. The molecule has 0 saturated heterocycles. The molecule has 0 aromatic heterocycles. The molecule has 7 heteroatoms. The lowest BCUT2D eigenvalue weighted by Crippen LogP contribution is -2.42. The Labute approximate surface area is 174 Å². The SMILES string of the molecule is CCNC(=NCCc1cccc(C(=O)NC)c1)NCCNC(=O)C1CCCCC1. The summed E-state index contributed by atoms with van der Waals surface area (Å²) in [5, 5.41) is 12.2. The monoisotopic (exact) mass is 401 g/mol. The largest absolute Gasteiger partial charge is 0.357 e. The fourth-order valence-corrected chi connectivity index (χ4v) is 3.53. The van der Waals surface area contributed by atoms with Crippen molar-refractivity contribution in [2.75, 3.05) is 33.2 Å². The van der Waals surface area contributed by atoms with Crippen molar-refractivity contribution in [3.05, 3.63) is 35.4 Å². The van der Waals surface area contributed by atoms with Gasteiger partial charge in [0.1, 0.15) is 0 Å². The quantitative estimate of drug-likeness (QED) is 0.288. The molecule has 29 heavy (non-hydrogen) atoms. The summed E-state index contributed by atoms with van der Waals surface area (Å²) >= 11 is 0. The molecule has 0 unspecified atom stereocenters. The molecule has 160 valence electrons. The summed E-state index contributed by atoms with van der Waals surface area (Å²) in [4.78, 5) is 28.5. The molecule has 4 N–H and O–H groups in total. The standard InChI is InChI=1S/C22H35N5O2/c1-3-24-22(27-15-14-25-21(29)18-9-5-4-6-10-18)26-13-12-17-8-7-11-19(16-17)20(28)23-2/h7-8,11,16,18H,3-6,9-10,12-15H2,1-2H3,(H,23,28)(H,25,29)(H2,24,26,27). The van der Waals surface area contributed by atoms with Crippen molar-refractivity contribution in [3.63, 3.8) is 0 Å². The molecular formula is C22H35N5O2.